The Morgan fingerprint density at radius 2 is 1.76 bits per heavy atom. The number of anilines is 1. The number of aromatic nitrogens is 4. The van der Waals surface area contributed by atoms with Gasteiger partial charge in [0.1, 0.15) is 24.0 Å². The lowest BCUT2D eigenvalue weighted by Crippen LogP contribution is -2.56. The van der Waals surface area contributed by atoms with Crippen LogP contribution in [0.2, 0.25) is 0 Å². The number of pyridine rings is 1. The van der Waals surface area contributed by atoms with Crippen LogP contribution in [0.15, 0.2) is 29.3 Å². The number of aryl methyl sites for hydroxylation is 1. The van der Waals surface area contributed by atoms with E-state index < -0.39 is 41.5 Å². The average molecular weight is 567 g/mol. The fourth-order valence-electron chi connectivity index (χ4n) is 6.92. The van der Waals surface area contributed by atoms with Gasteiger partial charge < -0.3 is 26.3 Å². The molecule has 4 bridgehead atoms. The Balaban J connectivity index is 1.24. The van der Waals surface area contributed by atoms with E-state index in [9.17, 15) is 28.8 Å². The van der Waals surface area contributed by atoms with Crippen LogP contribution in [0, 0.1) is 23.7 Å². The van der Waals surface area contributed by atoms with Gasteiger partial charge in [0.05, 0.1) is 6.20 Å². The summed E-state index contributed by atoms with van der Waals surface area (Å²) in [4.78, 5) is 75.0. The fraction of sp³-hybridized carbons (Fsp3) is 0.556. The molecule has 0 unspecified atom stereocenters. The second-order valence-electron chi connectivity index (χ2n) is 11.5. The van der Waals surface area contributed by atoms with Crippen LogP contribution >= 0.6 is 0 Å². The van der Waals surface area contributed by atoms with Gasteiger partial charge in [0, 0.05) is 25.7 Å². The smallest absolute Gasteiger partial charge is 0.284 e. The van der Waals surface area contributed by atoms with Gasteiger partial charge in [-0.05, 0) is 74.3 Å². The lowest BCUT2D eigenvalue weighted by molar-refractivity contribution is -0.136. The Kier molecular flexibility index (Phi) is 7.99. The molecule has 218 valence electrons. The van der Waals surface area contributed by atoms with Crippen molar-refractivity contribution in [2.24, 2.45) is 36.5 Å². The Bertz CT molecular complexity index is 1400. The minimum Gasteiger partial charge on any atom is -0.363 e. The third-order valence-corrected chi connectivity index (χ3v) is 8.65. The highest BCUT2D eigenvalue weighted by molar-refractivity contribution is 6.35. The maximum absolute atomic E-state index is 13.2. The van der Waals surface area contributed by atoms with Crippen molar-refractivity contribution in [1.29, 1.82) is 0 Å². The number of hydrogen-bond acceptors (Lipinski definition) is 8. The Morgan fingerprint density at radius 1 is 1.07 bits per heavy atom. The lowest BCUT2D eigenvalue weighted by Gasteiger charge is -2.54. The predicted octanol–water partition coefficient (Wildman–Crippen LogP) is -0.511. The number of Topliss-reactive ketones (excluding diaryl/α,β-unsaturated/α-hetero) is 1. The standard InChI is InChI=1S/C27H34N8O6/c1-34-20(12-29-33-34)26(40)30-18(4-5-21(36)24(28)38)25(39)31-19-3-2-6-35(27(19)41)13-22(37)32-23-16-8-14-7-15(10-16)11-17(23)9-14/h2-3,6,12,14-18,23H,4-5,7-11,13H2,1H3,(H2,28,38)(H,30,40)(H,31,39)(H,32,37)/t14?,15?,16?,17?,18-,23?/m0/s1. The van der Waals surface area contributed by atoms with Crippen LogP contribution < -0.4 is 27.2 Å². The highest BCUT2D eigenvalue weighted by Gasteiger charge is 2.48. The molecule has 14 heteroatoms. The molecule has 2 aromatic rings. The van der Waals surface area contributed by atoms with Gasteiger partial charge >= 0.3 is 0 Å². The number of hydrogen-bond donors (Lipinski definition) is 4. The highest BCUT2D eigenvalue weighted by Crippen LogP contribution is 2.53. The van der Waals surface area contributed by atoms with E-state index in [4.69, 9.17) is 5.73 Å². The Hall–Kier alpha value is -4.36. The molecular formula is C27H34N8O6. The number of rotatable bonds is 11. The lowest BCUT2D eigenvalue weighted by atomic mass is 9.54. The topological polar surface area (TPSA) is 200 Å². The Morgan fingerprint density at radius 3 is 2.37 bits per heavy atom. The molecule has 4 saturated carbocycles. The Labute approximate surface area is 235 Å². The highest BCUT2D eigenvalue weighted by atomic mass is 16.2. The zero-order chi connectivity index (χ0) is 29.3. The molecule has 0 spiro atoms. The van der Waals surface area contributed by atoms with Crippen LogP contribution in [0.5, 0.6) is 0 Å². The van der Waals surface area contributed by atoms with E-state index in [1.807, 2.05) is 0 Å². The van der Waals surface area contributed by atoms with E-state index in [-0.39, 0.29) is 36.3 Å². The van der Waals surface area contributed by atoms with Crippen molar-refractivity contribution in [2.75, 3.05) is 5.32 Å². The molecule has 4 amide bonds. The molecule has 2 heterocycles. The molecule has 4 fully saturated rings. The average Bonchev–Trinajstić information content (AvgIpc) is 3.36. The van der Waals surface area contributed by atoms with E-state index in [0.29, 0.717) is 11.8 Å². The molecule has 5 N–H and O–H groups in total. The van der Waals surface area contributed by atoms with Gasteiger partial charge in [0.15, 0.2) is 0 Å². The van der Waals surface area contributed by atoms with E-state index in [0.717, 1.165) is 37.5 Å². The first-order chi connectivity index (χ1) is 19.6. The number of nitrogens with two attached hydrogens (primary N) is 1. The molecule has 6 rings (SSSR count). The largest absolute Gasteiger partial charge is 0.363 e. The number of primary amides is 1. The molecule has 0 saturated heterocycles. The van der Waals surface area contributed by atoms with Gasteiger partial charge in [0.25, 0.3) is 17.4 Å². The third kappa shape index (κ3) is 6.20. The van der Waals surface area contributed by atoms with Crippen molar-refractivity contribution >= 4 is 35.1 Å². The zero-order valence-electron chi connectivity index (χ0n) is 22.7. The van der Waals surface area contributed by atoms with Crippen molar-refractivity contribution < 1.29 is 24.0 Å². The monoisotopic (exact) mass is 566 g/mol. The number of carbonyl (C=O) groups excluding carboxylic acids is 5. The van der Waals surface area contributed by atoms with Crippen molar-refractivity contribution in [3.8, 4) is 0 Å². The molecule has 0 aromatic carbocycles. The molecule has 2 aromatic heterocycles. The van der Waals surface area contributed by atoms with Crippen LogP contribution in [0.3, 0.4) is 0 Å². The summed E-state index contributed by atoms with van der Waals surface area (Å²) >= 11 is 0. The molecular weight excluding hydrogens is 532 g/mol. The summed E-state index contributed by atoms with van der Waals surface area (Å²) in [6, 6.07) is 1.74. The number of nitrogens with zero attached hydrogens (tertiary/aromatic N) is 4. The fourth-order valence-corrected chi connectivity index (χ4v) is 6.92. The van der Waals surface area contributed by atoms with Gasteiger partial charge in [0.2, 0.25) is 17.6 Å². The molecule has 1 atom stereocenters. The summed E-state index contributed by atoms with van der Waals surface area (Å²) < 4.78 is 2.41. The van der Waals surface area contributed by atoms with Gasteiger partial charge in [-0.15, -0.1) is 5.10 Å². The van der Waals surface area contributed by atoms with E-state index in [2.05, 4.69) is 26.3 Å². The van der Waals surface area contributed by atoms with Gasteiger partial charge in [-0.1, -0.05) is 5.21 Å². The second-order valence-corrected chi connectivity index (χ2v) is 11.5. The van der Waals surface area contributed by atoms with Crippen LogP contribution in [-0.4, -0.2) is 61.1 Å². The van der Waals surface area contributed by atoms with Crippen molar-refractivity contribution in [3.63, 3.8) is 0 Å². The maximum Gasteiger partial charge on any atom is 0.284 e. The third-order valence-electron chi connectivity index (χ3n) is 8.65. The van der Waals surface area contributed by atoms with E-state index >= 15 is 0 Å². The SMILES string of the molecule is Cn1nncc1C(=O)N[C@@H](CCC(=O)C(N)=O)C(=O)Nc1cccn(CC(=O)NC2C3CC4CC(C3)CC2C4)c1=O. The first-order valence-corrected chi connectivity index (χ1v) is 13.9. The summed E-state index contributed by atoms with van der Waals surface area (Å²) in [6.07, 6.45) is 7.93. The molecule has 41 heavy (non-hydrogen) atoms. The predicted molar refractivity (Wildman–Crippen MR) is 144 cm³/mol. The van der Waals surface area contributed by atoms with Crippen LogP contribution in [-0.2, 0) is 32.8 Å². The number of nitrogens with one attached hydrogen (secondary N) is 3. The number of amides is 4. The molecule has 0 aliphatic heterocycles. The van der Waals surface area contributed by atoms with Crippen molar-refractivity contribution in [3.05, 3.63) is 40.6 Å². The number of ketones is 1. The van der Waals surface area contributed by atoms with E-state index in [1.165, 1.54) is 47.2 Å². The van der Waals surface area contributed by atoms with Gasteiger partial charge in [-0.25, -0.2) is 4.68 Å². The molecule has 4 aliphatic carbocycles. The molecule has 0 radical (unpaired) electrons. The molecule has 4 aliphatic rings. The second kappa shape index (κ2) is 11.6. The summed E-state index contributed by atoms with van der Waals surface area (Å²) in [5.41, 5.74) is 4.36. The summed E-state index contributed by atoms with van der Waals surface area (Å²) in [5, 5.41) is 15.4. The first kappa shape index (κ1) is 28.2. The van der Waals surface area contributed by atoms with Gasteiger partial charge in [-0.3, -0.25) is 28.8 Å². The van der Waals surface area contributed by atoms with Crippen molar-refractivity contribution in [2.45, 2.75) is 63.6 Å². The van der Waals surface area contributed by atoms with E-state index in [1.54, 1.807) is 0 Å². The summed E-state index contributed by atoms with van der Waals surface area (Å²) in [6.45, 7) is -0.202. The van der Waals surface area contributed by atoms with Crippen LogP contribution in [0.25, 0.3) is 0 Å². The zero-order valence-corrected chi connectivity index (χ0v) is 22.7. The van der Waals surface area contributed by atoms with Crippen LogP contribution in [0.1, 0.15) is 55.4 Å². The number of carbonyl (C=O) groups is 5. The normalized spacial score (nSPS) is 24.9. The van der Waals surface area contributed by atoms with Crippen molar-refractivity contribution in [1.82, 2.24) is 30.2 Å². The minimum atomic E-state index is -1.30. The minimum absolute atomic E-state index is 0.0521. The first-order valence-electron chi connectivity index (χ1n) is 13.9. The van der Waals surface area contributed by atoms with Crippen LogP contribution in [0.4, 0.5) is 5.69 Å². The maximum atomic E-state index is 13.2. The van der Waals surface area contributed by atoms with Gasteiger partial charge in [-0.2, -0.15) is 0 Å². The molecule has 14 nitrogen and oxygen atoms in total. The quantitative estimate of drug-likeness (QED) is 0.260. The summed E-state index contributed by atoms with van der Waals surface area (Å²) in [7, 11) is 1.49. The summed E-state index contributed by atoms with van der Waals surface area (Å²) in [5.74, 6) is -1.28.